The normalized spacial score (nSPS) is 11.3. The molecular weight excluding hydrogens is 348 g/mol. The maximum absolute atomic E-state index is 11.3. The van der Waals surface area contributed by atoms with Gasteiger partial charge in [-0.2, -0.15) is 0 Å². The Morgan fingerprint density at radius 1 is 1.40 bits per heavy atom. The number of carbonyl (C=O) groups is 1. The van der Waals surface area contributed by atoms with Gasteiger partial charge in [0.15, 0.2) is 0 Å². The Kier molecular flexibility index (Phi) is 6.01. The quantitative estimate of drug-likeness (QED) is 0.752. The molecule has 0 aliphatic carbocycles. The Labute approximate surface area is 127 Å². The van der Waals surface area contributed by atoms with Gasteiger partial charge in [-0.1, -0.05) is 22.9 Å². The van der Waals surface area contributed by atoms with Crippen LogP contribution in [-0.2, 0) is 9.84 Å². The van der Waals surface area contributed by atoms with E-state index in [0.717, 1.165) is 0 Å². The molecule has 0 unspecified atom stereocenters. The van der Waals surface area contributed by atoms with Crippen molar-refractivity contribution in [3.8, 4) is 5.75 Å². The number of aromatic carboxylic acids is 1. The van der Waals surface area contributed by atoms with Crippen molar-refractivity contribution in [2.24, 2.45) is 0 Å². The zero-order valence-electron chi connectivity index (χ0n) is 11.3. The van der Waals surface area contributed by atoms with Crippen molar-refractivity contribution in [3.05, 3.63) is 27.7 Å². The molecule has 1 aromatic carbocycles. The Morgan fingerprint density at radius 2 is 2.05 bits per heavy atom. The highest BCUT2D eigenvalue weighted by Crippen LogP contribution is 2.28. The van der Waals surface area contributed by atoms with Crippen molar-refractivity contribution in [1.29, 1.82) is 0 Å². The molecule has 112 valence electrons. The summed E-state index contributed by atoms with van der Waals surface area (Å²) in [5.74, 6) is -0.646. The molecule has 0 aliphatic heterocycles. The summed E-state index contributed by atoms with van der Waals surface area (Å²) in [5.41, 5.74) is 0.755. The molecule has 1 N–H and O–H groups in total. The first-order chi connectivity index (χ1) is 9.26. The average Bonchev–Trinajstić information content (AvgIpc) is 2.35. The molecule has 7 heteroatoms. The van der Waals surface area contributed by atoms with Gasteiger partial charge in [-0.15, -0.1) is 0 Å². The predicted octanol–water partition coefficient (Wildman–Crippen LogP) is 2.66. The lowest BCUT2D eigenvalue weighted by Gasteiger charge is -2.12. The van der Waals surface area contributed by atoms with E-state index in [1.165, 1.54) is 6.07 Å². The van der Waals surface area contributed by atoms with E-state index in [1.54, 1.807) is 19.9 Å². The second-order valence-corrected chi connectivity index (χ2v) is 7.73. The molecule has 0 spiro atoms. The first-order valence-corrected chi connectivity index (χ1v) is 8.75. The molecule has 20 heavy (non-hydrogen) atoms. The fraction of sp³-hybridized carbons (Fsp3) is 0.462. The highest BCUT2D eigenvalue weighted by atomic mass is 79.9. The zero-order valence-corrected chi connectivity index (χ0v) is 13.8. The van der Waals surface area contributed by atoms with Gasteiger partial charge in [0.05, 0.1) is 12.4 Å². The van der Waals surface area contributed by atoms with E-state index in [2.05, 4.69) is 15.9 Å². The van der Waals surface area contributed by atoms with Crippen LogP contribution in [0.15, 0.2) is 16.6 Å². The van der Waals surface area contributed by atoms with E-state index in [4.69, 9.17) is 9.84 Å². The topological polar surface area (TPSA) is 80.7 Å². The zero-order chi connectivity index (χ0) is 15.3. The van der Waals surface area contributed by atoms with Crippen molar-refractivity contribution in [2.45, 2.75) is 20.3 Å². The molecular formula is C13H17BrO5S. The number of benzene rings is 1. The molecule has 0 saturated carbocycles. The van der Waals surface area contributed by atoms with E-state index in [0.29, 0.717) is 16.5 Å². The minimum absolute atomic E-state index is 0.0431. The molecule has 0 bridgehead atoms. The smallest absolute Gasteiger partial charge is 0.339 e. The number of aryl methyl sites for hydroxylation is 1. The first-order valence-electron chi connectivity index (χ1n) is 6.13. The molecule has 1 aromatic rings. The Morgan fingerprint density at radius 3 is 2.60 bits per heavy atom. The van der Waals surface area contributed by atoms with Gasteiger partial charge in [-0.05, 0) is 31.0 Å². The molecule has 5 nitrogen and oxygen atoms in total. The lowest BCUT2D eigenvalue weighted by Crippen LogP contribution is -2.13. The molecule has 0 radical (unpaired) electrons. The third-order valence-corrected chi connectivity index (χ3v) is 5.00. The molecule has 0 heterocycles. The minimum Gasteiger partial charge on any atom is -0.492 e. The summed E-state index contributed by atoms with van der Waals surface area (Å²) in [5, 5.41) is 9.14. The van der Waals surface area contributed by atoms with Crippen molar-refractivity contribution in [3.63, 3.8) is 0 Å². The van der Waals surface area contributed by atoms with Gasteiger partial charge in [0.2, 0.25) is 0 Å². The molecule has 0 saturated heterocycles. The fourth-order valence-electron chi connectivity index (χ4n) is 1.68. The van der Waals surface area contributed by atoms with Crippen LogP contribution in [0.4, 0.5) is 0 Å². The number of carboxylic acids is 1. The van der Waals surface area contributed by atoms with E-state index in [1.807, 2.05) is 0 Å². The standard InChI is InChI=1S/C13H17BrO5S/c1-3-20(17,18)6-4-5-19-12-9(2)7-10(14)8-11(12)13(15)16/h7-8H,3-6H2,1-2H3,(H,15,16). The van der Waals surface area contributed by atoms with Crippen molar-refractivity contribution < 1.29 is 23.1 Å². The van der Waals surface area contributed by atoms with Crippen LogP contribution in [-0.4, -0.2) is 37.6 Å². The van der Waals surface area contributed by atoms with Gasteiger partial charge < -0.3 is 9.84 Å². The fourth-order valence-corrected chi connectivity index (χ4v) is 3.10. The van der Waals surface area contributed by atoms with E-state index in [9.17, 15) is 13.2 Å². The second kappa shape index (κ2) is 7.08. The average molecular weight is 365 g/mol. The van der Waals surface area contributed by atoms with Crippen LogP contribution < -0.4 is 4.74 Å². The predicted molar refractivity (Wildman–Crippen MR) is 80.3 cm³/mol. The van der Waals surface area contributed by atoms with E-state index < -0.39 is 15.8 Å². The Hall–Kier alpha value is -1.08. The summed E-state index contributed by atoms with van der Waals surface area (Å²) in [6, 6.07) is 3.22. The Balaban J connectivity index is 2.76. The van der Waals surface area contributed by atoms with Crippen molar-refractivity contribution in [2.75, 3.05) is 18.1 Å². The van der Waals surface area contributed by atoms with Crippen LogP contribution in [0.2, 0.25) is 0 Å². The molecule has 0 amide bonds. The van der Waals surface area contributed by atoms with Gasteiger partial charge in [0.1, 0.15) is 21.2 Å². The highest BCUT2D eigenvalue weighted by Gasteiger charge is 2.15. The third-order valence-electron chi connectivity index (χ3n) is 2.76. The summed E-state index contributed by atoms with van der Waals surface area (Å²) < 4.78 is 28.8. The van der Waals surface area contributed by atoms with E-state index >= 15 is 0 Å². The summed E-state index contributed by atoms with van der Waals surface area (Å²) in [6.07, 6.45) is 0.338. The van der Waals surface area contributed by atoms with Gasteiger partial charge >= 0.3 is 5.97 Å². The van der Waals surface area contributed by atoms with Gasteiger partial charge in [0.25, 0.3) is 0 Å². The van der Waals surface area contributed by atoms with Crippen LogP contribution in [0, 0.1) is 6.92 Å². The molecule has 0 aliphatic rings. The lowest BCUT2D eigenvalue weighted by atomic mass is 10.1. The van der Waals surface area contributed by atoms with E-state index in [-0.39, 0.29) is 29.4 Å². The van der Waals surface area contributed by atoms with Crippen LogP contribution in [0.1, 0.15) is 29.3 Å². The number of rotatable bonds is 7. The Bertz CT molecular complexity index is 595. The molecule has 0 fully saturated rings. The van der Waals surface area contributed by atoms with Crippen molar-refractivity contribution in [1.82, 2.24) is 0 Å². The second-order valence-electron chi connectivity index (χ2n) is 4.34. The lowest BCUT2D eigenvalue weighted by molar-refractivity contribution is 0.0692. The van der Waals surface area contributed by atoms with Crippen LogP contribution >= 0.6 is 15.9 Å². The summed E-state index contributed by atoms with van der Waals surface area (Å²) in [6.45, 7) is 3.51. The van der Waals surface area contributed by atoms with Crippen molar-refractivity contribution >= 4 is 31.7 Å². The number of sulfone groups is 1. The number of hydrogen-bond donors (Lipinski definition) is 1. The molecule has 0 aromatic heterocycles. The minimum atomic E-state index is -3.02. The number of ether oxygens (including phenoxy) is 1. The maximum Gasteiger partial charge on any atom is 0.339 e. The highest BCUT2D eigenvalue weighted by molar-refractivity contribution is 9.10. The molecule has 0 atom stereocenters. The van der Waals surface area contributed by atoms with Gasteiger partial charge in [-0.25, -0.2) is 13.2 Å². The number of hydrogen-bond acceptors (Lipinski definition) is 4. The van der Waals surface area contributed by atoms with Crippen LogP contribution in [0.5, 0.6) is 5.75 Å². The summed E-state index contributed by atoms with van der Waals surface area (Å²) in [7, 11) is -3.02. The molecule has 1 rings (SSSR count). The first kappa shape index (κ1) is 17.0. The number of halogens is 1. The van der Waals surface area contributed by atoms with Crippen LogP contribution in [0.25, 0.3) is 0 Å². The largest absolute Gasteiger partial charge is 0.492 e. The van der Waals surface area contributed by atoms with Gasteiger partial charge in [-0.3, -0.25) is 0 Å². The monoisotopic (exact) mass is 364 g/mol. The maximum atomic E-state index is 11.3. The van der Waals surface area contributed by atoms with Gasteiger partial charge in [0, 0.05) is 10.2 Å². The number of carboxylic acid groups (broad SMARTS) is 1. The third kappa shape index (κ3) is 4.79. The van der Waals surface area contributed by atoms with Crippen LogP contribution in [0.3, 0.4) is 0 Å². The SMILES string of the molecule is CCS(=O)(=O)CCCOc1c(C)cc(Br)cc1C(=O)O. The summed E-state index contributed by atoms with van der Waals surface area (Å²) in [4.78, 5) is 11.2. The summed E-state index contributed by atoms with van der Waals surface area (Å²) >= 11 is 3.23.